The minimum Gasteiger partial charge on any atom is -0.480 e. The lowest BCUT2D eigenvalue weighted by molar-refractivity contribution is -0.142. The number of carboxylic acids is 1. The van der Waals surface area contributed by atoms with E-state index in [4.69, 9.17) is 5.11 Å². The first-order chi connectivity index (χ1) is 9.04. The number of carboxylic acid groups (broad SMARTS) is 1. The van der Waals surface area contributed by atoms with Gasteiger partial charge in [-0.05, 0) is 13.3 Å². The lowest BCUT2D eigenvalue weighted by atomic mass is 10.2. The van der Waals surface area contributed by atoms with Gasteiger partial charge in [0.25, 0.3) is 0 Å². The molecule has 7 nitrogen and oxygen atoms in total. The fraction of sp³-hybridized carbons (Fsp3) is 0.583. The second-order valence-corrected chi connectivity index (χ2v) is 4.28. The molecule has 0 aliphatic rings. The van der Waals surface area contributed by atoms with Crippen LogP contribution in [0.3, 0.4) is 0 Å². The molecule has 106 valence electrons. The van der Waals surface area contributed by atoms with Gasteiger partial charge >= 0.3 is 5.97 Å². The van der Waals surface area contributed by atoms with Gasteiger partial charge in [0.1, 0.15) is 6.04 Å². The summed E-state index contributed by atoms with van der Waals surface area (Å²) in [7, 11) is 0. The molecule has 0 bridgehead atoms. The predicted octanol–water partition coefficient (Wildman–Crippen LogP) is 0.222. The number of aromatic nitrogens is 2. The predicted molar refractivity (Wildman–Crippen MR) is 70.8 cm³/mol. The van der Waals surface area contributed by atoms with Crippen molar-refractivity contribution in [2.45, 2.75) is 39.0 Å². The molecule has 7 heteroatoms. The van der Waals surface area contributed by atoms with Crippen molar-refractivity contribution < 1.29 is 15.0 Å². The van der Waals surface area contributed by atoms with Gasteiger partial charge in [-0.3, -0.25) is 10.1 Å². The van der Waals surface area contributed by atoms with E-state index in [9.17, 15) is 9.90 Å². The molecular formula is C12H20N4O3. The van der Waals surface area contributed by atoms with Crippen molar-refractivity contribution in [3.63, 3.8) is 0 Å². The molecule has 1 heterocycles. The normalized spacial score (nSPS) is 13.8. The van der Waals surface area contributed by atoms with Crippen LogP contribution in [0.2, 0.25) is 0 Å². The third-order valence-electron chi connectivity index (χ3n) is 2.51. The zero-order valence-corrected chi connectivity index (χ0v) is 11.1. The minimum atomic E-state index is -1.09. The summed E-state index contributed by atoms with van der Waals surface area (Å²) >= 11 is 0. The average molecular weight is 268 g/mol. The van der Waals surface area contributed by atoms with E-state index in [2.05, 4.69) is 20.6 Å². The van der Waals surface area contributed by atoms with Crippen LogP contribution >= 0.6 is 0 Å². The Balaban J connectivity index is 2.51. The van der Waals surface area contributed by atoms with Gasteiger partial charge in [0.2, 0.25) is 5.95 Å². The maximum absolute atomic E-state index is 10.9. The van der Waals surface area contributed by atoms with Crippen LogP contribution in [0.5, 0.6) is 0 Å². The summed E-state index contributed by atoms with van der Waals surface area (Å²) in [6.07, 6.45) is 3.27. The summed E-state index contributed by atoms with van der Waals surface area (Å²) in [6, 6.07) is -1.00. The topological polar surface area (TPSA) is 107 Å². The van der Waals surface area contributed by atoms with Crippen molar-refractivity contribution in [1.29, 1.82) is 0 Å². The molecule has 0 unspecified atom stereocenters. The summed E-state index contributed by atoms with van der Waals surface area (Å²) in [4.78, 5) is 19.1. The van der Waals surface area contributed by atoms with Crippen molar-refractivity contribution in [3.8, 4) is 0 Å². The summed E-state index contributed by atoms with van der Waals surface area (Å²) in [5.41, 5.74) is 0.758. The van der Waals surface area contributed by atoms with Gasteiger partial charge in [0, 0.05) is 31.0 Å². The van der Waals surface area contributed by atoms with Gasteiger partial charge in [-0.25, -0.2) is 9.97 Å². The number of aliphatic carboxylic acids is 1. The van der Waals surface area contributed by atoms with Crippen LogP contribution in [0, 0.1) is 0 Å². The third kappa shape index (κ3) is 5.19. The maximum Gasteiger partial charge on any atom is 0.323 e. The maximum atomic E-state index is 10.9. The Morgan fingerprint density at radius 3 is 2.53 bits per heavy atom. The first-order valence-corrected chi connectivity index (χ1v) is 6.23. The quantitative estimate of drug-likeness (QED) is 0.534. The zero-order chi connectivity index (χ0) is 14.3. The number of anilines is 1. The molecule has 1 aromatic rings. The lowest BCUT2D eigenvalue weighted by Crippen LogP contribution is -2.44. The Labute approximate surface area is 112 Å². The highest BCUT2D eigenvalue weighted by atomic mass is 16.4. The average Bonchev–Trinajstić information content (AvgIpc) is 2.37. The summed E-state index contributed by atoms with van der Waals surface area (Å²) in [6.45, 7) is 4.57. The van der Waals surface area contributed by atoms with Crippen molar-refractivity contribution >= 4 is 11.9 Å². The first kappa shape index (κ1) is 15.3. The van der Waals surface area contributed by atoms with E-state index in [0.29, 0.717) is 5.95 Å². The standard InChI is InChI=1S/C12H20N4O3/c1-3-4-13-12-15-6-9(7-16-12)5-14-10(8(2)17)11(18)19/h6-8,10,14,17H,3-5H2,1-2H3,(H,18,19)(H,13,15,16)/t8-,10+/m1/s1. The molecule has 0 amide bonds. The van der Waals surface area contributed by atoms with Crippen LogP contribution in [-0.4, -0.2) is 44.8 Å². The summed E-state index contributed by atoms with van der Waals surface area (Å²) in [5, 5.41) is 24.0. The van der Waals surface area contributed by atoms with Gasteiger partial charge in [0.15, 0.2) is 0 Å². The number of nitrogens with zero attached hydrogens (tertiary/aromatic N) is 2. The molecule has 0 saturated heterocycles. The fourth-order valence-electron chi connectivity index (χ4n) is 1.47. The smallest absolute Gasteiger partial charge is 0.323 e. The Hall–Kier alpha value is -1.73. The number of aliphatic hydroxyl groups excluding tert-OH is 1. The van der Waals surface area contributed by atoms with Crippen LogP contribution in [0.1, 0.15) is 25.8 Å². The molecule has 0 aliphatic carbocycles. The van der Waals surface area contributed by atoms with Crippen LogP contribution in [0.15, 0.2) is 12.4 Å². The monoisotopic (exact) mass is 268 g/mol. The molecule has 0 fully saturated rings. The van der Waals surface area contributed by atoms with Gasteiger partial charge in [-0.15, -0.1) is 0 Å². The van der Waals surface area contributed by atoms with E-state index in [1.54, 1.807) is 12.4 Å². The first-order valence-electron chi connectivity index (χ1n) is 6.23. The van der Waals surface area contributed by atoms with Gasteiger partial charge < -0.3 is 15.5 Å². The molecule has 1 aromatic heterocycles. The number of nitrogens with one attached hydrogen (secondary N) is 2. The van der Waals surface area contributed by atoms with Gasteiger partial charge in [-0.1, -0.05) is 6.92 Å². The van der Waals surface area contributed by atoms with Gasteiger partial charge in [-0.2, -0.15) is 0 Å². The number of aliphatic hydroxyl groups is 1. The van der Waals surface area contributed by atoms with Gasteiger partial charge in [0.05, 0.1) is 6.10 Å². The van der Waals surface area contributed by atoms with Crippen LogP contribution in [0.25, 0.3) is 0 Å². The molecule has 0 spiro atoms. The third-order valence-corrected chi connectivity index (χ3v) is 2.51. The summed E-state index contributed by atoms with van der Waals surface area (Å²) in [5.74, 6) is -0.534. The highest BCUT2D eigenvalue weighted by molar-refractivity contribution is 5.74. The minimum absolute atomic E-state index is 0.288. The fourth-order valence-corrected chi connectivity index (χ4v) is 1.47. The van der Waals surface area contributed by atoms with E-state index in [-0.39, 0.29) is 6.54 Å². The van der Waals surface area contributed by atoms with E-state index >= 15 is 0 Å². The SMILES string of the molecule is CCCNc1ncc(CN[C@H](C(=O)O)[C@@H](C)O)cn1. The number of rotatable bonds is 8. The molecule has 1 rings (SSSR count). The molecule has 4 N–H and O–H groups in total. The van der Waals surface area contributed by atoms with Crippen molar-refractivity contribution in [1.82, 2.24) is 15.3 Å². The lowest BCUT2D eigenvalue weighted by Gasteiger charge is -2.16. The second-order valence-electron chi connectivity index (χ2n) is 4.28. The highest BCUT2D eigenvalue weighted by Crippen LogP contribution is 2.02. The molecule has 0 aromatic carbocycles. The Bertz CT molecular complexity index is 394. The van der Waals surface area contributed by atoms with Crippen molar-refractivity contribution in [3.05, 3.63) is 18.0 Å². The zero-order valence-electron chi connectivity index (χ0n) is 11.1. The van der Waals surface area contributed by atoms with Crippen molar-refractivity contribution in [2.75, 3.05) is 11.9 Å². The van der Waals surface area contributed by atoms with E-state index in [1.165, 1.54) is 6.92 Å². The van der Waals surface area contributed by atoms with E-state index < -0.39 is 18.1 Å². The Kier molecular flexibility index (Phi) is 6.17. The number of hydrogen-bond donors (Lipinski definition) is 4. The number of hydrogen-bond acceptors (Lipinski definition) is 6. The number of carbonyl (C=O) groups is 1. The largest absolute Gasteiger partial charge is 0.480 e. The second kappa shape index (κ2) is 7.65. The van der Waals surface area contributed by atoms with Crippen molar-refractivity contribution in [2.24, 2.45) is 0 Å². The molecule has 2 atom stereocenters. The summed E-state index contributed by atoms with van der Waals surface area (Å²) < 4.78 is 0. The molecule has 0 saturated carbocycles. The molecular weight excluding hydrogens is 248 g/mol. The Morgan fingerprint density at radius 1 is 1.42 bits per heavy atom. The molecule has 0 radical (unpaired) electrons. The van der Waals surface area contributed by atoms with E-state index in [1.807, 2.05) is 6.92 Å². The Morgan fingerprint density at radius 2 is 2.05 bits per heavy atom. The van der Waals surface area contributed by atoms with Crippen LogP contribution in [0.4, 0.5) is 5.95 Å². The highest BCUT2D eigenvalue weighted by Gasteiger charge is 2.21. The van der Waals surface area contributed by atoms with E-state index in [0.717, 1.165) is 18.5 Å². The molecule has 0 aliphatic heterocycles. The molecule has 19 heavy (non-hydrogen) atoms. The van der Waals surface area contributed by atoms with Crippen LogP contribution in [-0.2, 0) is 11.3 Å². The van der Waals surface area contributed by atoms with Crippen LogP contribution < -0.4 is 10.6 Å².